The van der Waals surface area contributed by atoms with Gasteiger partial charge >= 0.3 is 24.2 Å². The fourth-order valence-electron chi connectivity index (χ4n) is 6.16. The Labute approximate surface area is 300 Å². The van der Waals surface area contributed by atoms with E-state index in [-0.39, 0.29) is 23.3 Å². The lowest BCUT2D eigenvalue weighted by atomic mass is 10.1. The van der Waals surface area contributed by atoms with E-state index in [0.717, 1.165) is 12.8 Å². The van der Waals surface area contributed by atoms with Gasteiger partial charge < -0.3 is 27.8 Å². The van der Waals surface area contributed by atoms with Crippen LogP contribution in [0.4, 0.5) is 26.3 Å². The second-order valence-corrected chi connectivity index (χ2v) is 12.6. The number of benzene rings is 2. The van der Waals surface area contributed by atoms with Crippen LogP contribution in [0.1, 0.15) is 12.8 Å². The Morgan fingerprint density at radius 1 is 0.593 bits per heavy atom. The Hall–Kier alpha value is -5.62. The Kier molecular flexibility index (Phi) is 10.2. The molecule has 12 nitrogen and oxygen atoms in total. The Balaban J connectivity index is 0.000000167. The topological polar surface area (TPSA) is 133 Å². The number of alkyl halides is 6. The van der Waals surface area contributed by atoms with E-state index in [1.807, 2.05) is 0 Å². The van der Waals surface area contributed by atoms with Gasteiger partial charge in [0.05, 0.1) is 24.6 Å². The predicted molar refractivity (Wildman–Crippen MR) is 179 cm³/mol. The summed E-state index contributed by atoms with van der Waals surface area (Å²) in [6, 6.07) is 17.3. The first-order valence-corrected chi connectivity index (χ1v) is 16.7. The third-order valence-corrected chi connectivity index (χ3v) is 8.72. The maximum atomic E-state index is 12.3. The number of fused-ring (bicyclic) bond motifs is 2. The van der Waals surface area contributed by atoms with Crippen LogP contribution >= 0.6 is 0 Å². The molecular formula is C36H30F6N4O8. The number of nitrogens with zero attached hydrogens (tertiary/aromatic N) is 4. The van der Waals surface area contributed by atoms with Crippen LogP contribution in [0.5, 0.6) is 11.5 Å². The van der Waals surface area contributed by atoms with Crippen molar-refractivity contribution in [3.8, 4) is 34.0 Å². The van der Waals surface area contributed by atoms with Gasteiger partial charge in [0.25, 0.3) is 0 Å². The Bertz CT molecular complexity index is 2170. The molecule has 6 heterocycles. The lowest BCUT2D eigenvalue weighted by Gasteiger charge is -2.10. The van der Waals surface area contributed by atoms with Crippen LogP contribution in [-0.4, -0.2) is 58.3 Å². The minimum atomic E-state index is -4.74. The van der Waals surface area contributed by atoms with Gasteiger partial charge in [-0.15, -0.1) is 26.3 Å². The van der Waals surface area contributed by atoms with Crippen LogP contribution in [-0.2, 0) is 22.6 Å². The first-order valence-electron chi connectivity index (χ1n) is 16.7. The van der Waals surface area contributed by atoms with Crippen LogP contribution < -0.4 is 21.0 Å². The molecule has 2 aliphatic rings. The number of ether oxygens (including phenoxy) is 4. The maximum Gasteiger partial charge on any atom is 0.573 e. The van der Waals surface area contributed by atoms with E-state index < -0.39 is 24.2 Å². The average Bonchev–Trinajstić information content (AvgIpc) is 3.94. The molecule has 18 heteroatoms. The van der Waals surface area contributed by atoms with Gasteiger partial charge in [0.1, 0.15) is 11.5 Å². The first kappa shape index (κ1) is 36.7. The molecule has 284 valence electrons. The summed E-state index contributed by atoms with van der Waals surface area (Å²) < 4.78 is 105. The number of aromatic nitrogens is 4. The zero-order valence-electron chi connectivity index (χ0n) is 28.1. The molecule has 2 saturated heterocycles. The summed E-state index contributed by atoms with van der Waals surface area (Å²) in [5.41, 5.74) is 3.74. The van der Waals surface area contributed by atoms with Crippen molar-refractivity contribution < 1.29 is 54.1 Å². The first-order chi connectivity index (χ1) is 25.8. The summed E-state index contributed by atoms with van der Waals surface area (Å²) in [6.45, 7) is 3.39. The van der Waals surface area contributed by atoms with Crippen LogP contribution in [0, 0.1) is 11.8 Å². The number of oxazole rings is 2. The summed E-state index contributed by atoms with van der Waals surface area (Å²) in [5, 5.41) is 0. The van der Waals surface area contributed by atoms with Crippen molar-refractivity contribution in [1.29, 1.82) is 0 Å². The van der Waals surface area contributed by atoms with Crippen LogP contribution in [0.15, 0.2) is 91.2 Å². The van der Waals surface area contributed by atoms with Crippen molar-refractivity contribution in [1.82, 2.24) is 19.1 Å². The van der Waals surface area contributed by atoms with E-state index in [1.54, 1.807) is 24.3 Å². The lowest BCUT2D eigenvalue weighted by molar-refractivity contribution is -0.275. The minimum absolute atomic E-state index is 0.216. The fourth-order valence-corrected chi connectivity index (χ4v) is 6.16. The largest absolute Gasteiger partial charge is 0.573 e. The summed E-state index contributed by atoms with van der Waals surface area (Å²) in [4.78, 5) is 33.2. The van der Waals surface area contributed by atoms with E-state index in [2.05, 4.69) is 19.4 Å². The van der Waals surface area contributed by atoms with Gasteiger partial charge in [-0.3, -0.25) is 9.13 Å². The molecule has 2 atom stereocenters. The number of hydrogen-bond donors (Lipinski definition) is 0. The molecule has 2 aliphatic heterocycles. The number of rotatable bonds is 8. The molecular weight excluding hydrogens is 730 g/mol. The lowest BCUT2D eigenvalue weighted by Crippen LogP contribution is -2.20. The second-order valence-electron chi connectivity index (χ2n) is 12.6. The van der Waals surface area contributed by atoms with Gasteiger partial charge in [0.15, 0.2) is 22.5 Å². The van der Waals surface area contributed by atoms with Crippen LogP contribution in [0.2, 0.25) is 0 Å². The van der Waals surface area contributed by atoms with Gasteiger partial charge in [-0.2, -0.15) is 0 Å². The smallest absolute Gasteiger partial charge is 0.406 e. The van der Waals surface area contributed by atoms with E-state index in [9.17, 15) is 35.9 Å². The highest BCUT2D eigenvalue weighted by Gasteiger charge is 2.32. The highest BCUT2D eigenvalue weighted by atomic mass is 19.4. The molecule has 8 rings (SSSR count). The molecule has 0 spiro atoms. The molecule has 0 N–H and O–H groups in total. The van der Waals surface area contributed by atoms with Crippen LogP contribution in [0.3, 0.4) is 0 Å². The molecule has 0 saturated carbocycles. The van der Waals surface area contributed by atoms with Gasteiger partial charge in [-0.25, -0.2) is 19.6 Å². The van der Waals surface area contributed by atoms with Gasteiger partial charge in [0, 0.05) is 49.3 Å². The van der Waals surface area contributed by atoms with Gasteiger partial charge in [0.2, 0.25) is 0 Å². The summed E-state index contributed by atoms with van der Waals surface area (Å²) in [5.74, 6) is -1.17. The monoisotopic (exact) mass is 760 g/mol. The summed E-state index contributed by atoms with van der Waals surface area (Å²) in [6.07, 6.45) is -7.76. The third kappa shape index (κ3) is 8.77. The minimum Gasteiger partial charge on any atom is -0.406 e. The molecule has 0 radical (unpaired) electrons. The molecule has 6 aromatic rings. The average molecular weight is 761 g/mol. The Morgan fingerprint density at radius 2 is 0.981 bits per heavy atom. The molecule has 0 amide bonds. The normalized spacial score (nSPS) is 17.5. The van der Waals surface area contributed by atoms with Crippen molar-refractivity contribution in [2.75, 3.05) is 26.4 Å². The molecule has 1 unspecified atom stereocenters. The quantitative estimate of drug-likeness (QED) is 0.147. The summed E-state index contributed by atoms with van der Waals surface area (Å²) in [7, 11) is 0. The Morgan fingerprint density at radius 3 is 1.31 bits per heavy atom. The second kappa shape index (κ2) is 15.0. The zero-order valence-corrected chi connectivity index (χ0v) is 28.1. The third-order valence-electron chi connectivity index (χ3n) is 8.72. The molecule has 4 aromatic heterocycles. The fraction of sp³-hybridized carbons (Fsp3) is 0.333. The highest BCUT2D eigenvalue weighted by Crippen LogP contribution is 2.29. The molecule has 2 aromatic carbocycles. The number of halogens is 6. The zero-order chi connectivity index (χ0) is 38.0. The van der Waals surface area contributed by atoms with Crippen molar-refractivity contribution in [3.05, 3.63) is 93.9 Å². The van der Waals surface area contributed by atoms with Crippen molar-refractivity contribution in [3.63, 3.8) is 0 Å². The number of pyridine rings is 2. The molecule has 0 bridgehead atoms. The SMILES string of the molecule is O=c1oc2ccc(-c3ccc(OC(F)(F)F)cc3)nc2n1CC1CCOC1.O=c1oc2ccc(-c3ccc(OC(F)(F)F)cc3)nc2n1C[C@@H]1CCOC1. The summed E-state index contributed by atoms with van der Waals surface area (Å²) >= 11 is 0. The van der Waals surface area contributed by atoms with Crippen molar-refractivity contribution in [2.24, 2.45) is 11.8 Å². The van der Waals surface area contributed by atoms with Gasteiger partial charge in [-0.05, 0) is 85.6 Å². The van der Waals surface area contributed by atoms with Crippen molar-refractivity contribution in [2.45, 2.75) is 38.7 Å². The van der Waals surface area contributed by atoms with E-state index in [1.165, 1.54) is 57.7 Å². The molecule has 54 heavy (non-hydrogen) atoms. The number of hydrogen-bond acceptors (Lipinski definition) is 10. The van der Waals surface area contributed by atoms with Crippen LogP contribution in [0.25, 0.3) is 45.0 Å². The predicted octanol–water partition coefficient (Wildman–Crippen LogP) is 7.18. The molecule has 2 fully saturated rings. The highest BCUT2D eigenvalue weighted by molar-refractivity contribution is 5.75. The van der Waals surface area contributed by atoms with Crippen molar-refractivity contribution >= 4 is 22.5 Å². The van der Waals surface area contributed by atoms with E-state index >= 15 is 0 Å². The standard InChI is InChI=1S/2C18H15F3N2O4/c2*19-18(20,21)27-13-3-1-12(2-4-13)14-5-6-15-16(22-14)23(17(24)26-15)9-11-7-8-25-10-11/h2*1-6,11H,7-10H2/t11-;/m0./s1. The van der Waals surface area contributed by atoms with E-state index in [0.29, 0.717) is 84.5 Å². The maximum absolute atomic E-state index is 12.3. The molecule has 0 aliphatic carbocycles. The van der Waals surface area contributed by atoms with Gasteiger partial charge in [-0.1, -0.05) is 0 Å². The van der Waals surface area contributed by atoms with E-state index in [4.69, 9.17) is 18.3 Å².